The van der Waals surface area contributed by atoms with Gasteiger partial charge >= 0.3 is 0 Å². The van der Waals surface area contributed by atoms with Crippen LogP contribution in [0.2, 0.25) is 0 Å². The molecule has 2 unspecified atom stereocenters. The largest absolute Gasteiger partial charge is 0.351 e. The molecule has 2 rings (SSSR count). The van der Waals surface area contributed by atoms with E-state index in [0.717, 1.165) is 30.2 Å². The second kappa shape index (κ2) is 6.22. The third-order valence-electron chi connectivity index (χ3n) is 3.71. The van der Waals surface area contributed by atoms with E-state index in [-0.39, 0.29) is 17.4 Å². The number of nitrogens with one attached hydrogen (secondary N) is 2. The van der Waals surface area contributed by atoms with Crippen LogP contribution in [0, 0.1) is 5.92 Å². The Hall–Kier alpha value is -0.940. The van der Waals surface area contributed by atoms with Crippen molar-refractivity contribution >= 4 is 17.2 Å². The van der Waals surface area contributed by atoms with Gasteiger partial charge in [-0.3, -0.25) is 4.79 Å². The van der Waals surface area contributed by atoms with Crippen molar-refractivity contribution in [3.05, 3.63) is 16.1 Å². The highest BCUT2D eigenvalue weighted by Crippen LogP contribution is 2.25. The van der Waals surface area contributed by atoms with Crippen LogP contribution in [0.15, 0.2) is 5.38 Å². The fourth-order valence-electron chi connectivity index (χ4n) is 2.34. The zero-order valence-electron chi connectivity index (χ0n) is 12.8. The molecule has 1 aliphatic heterocycles. The minimum atomic E-state index is 0.0567. The summed E-state index contributed by atoms with van der Waals surface area (Å²) in [5.41, 5.74) is 0.940. The van der Waals surface area contributed by atoms with Crippen LogP contribution >= 0.6 is 11.3 Å². The Morgan fingerprint density at radius 3 is 2.90 bits per heavy atom. The van der Waals surface area contributed by atoms with Gasteiger partial charge in [0.05, 0.1) is 17.1 Å². The summed E-state index contributed by atoms with van der Waals surface area (Å²) < 4.78 is 0. The van der Waals surface area contributed by atoms with Crippen molar-refractivity contribution in [2.45, 2.75) is 52.0 Å². The SMILES string of the molecule is CC1CCNCC1NC(=O)Cc1csc(C(C)(C)C)n1. The number of aromatic nitrogens is 1. The van der Waals surface area contributed by atoms with Crippen LogP contribution in [0.25, 0.3) is 0 Å². The number of thiazole rings is 1. The molecule has 1 fully saturated rings. The van der Waals surface area contributed by atoms with E-state index in [2.05, 4.69) is 43.3 Å². The van der Waals surface area contributed by atoms with Gasteiger partial charge in [0.25, 0.3) is 0 Å². The zero-order valence-corrected chi connectivity index (χ0v) is 13.6. The topological polar surface area (TPSA) is 54.0 Å². The van der Waals surface area contributed by atoms with Crippen molar-refractivity contribution in [3.8, 4) is 0 Å². The lowest BCUT2D eigenvalue weighted by molar-refractivity contribution is -0.121. The second-order valence-corrected chi connectivity index (χ2v) is 7.57. The number of carbonyl (C=O) groups is 1. The maximum absolute atomic E-state index is 12.1. The monoisotopic (exact) mass is 295 g/mol. The summed E-state index contributed by atoms with van der Waals surface area (Å²) in [4.78, 5) is 16.7. The van der Waals surface area contributed by atoms with Crippen molar-refractivity contribution in [3.63, 3.8) is 0 Å². The third kappa shape index (κ3) is 4.03. The van der Waals surface area contributed by atoms with E-state index in [1.807, 2.05) is 5.38 Å². The Bertz CT molecular complexity index is 464. The lowest BCUT2D eigenvalue weighted by atomic mass is 9.95. The van der Waals surface area contributed by atoms with Gasteiger partial charge in [-0.1, -0.05) is 27.7 Å². The highest BCUT2D eigenvalue weighted by Gasteiger charge is 2.23. The van der Waals surface area contributed by atoms with E-state index in [0.29, 0.717) is 12.3 Å². The lowest BCUT2D eigenvalue weighted by Crippen LogP contribution is -2.50. The molecule has 0 aliphatic carbocycles. The van der Waals surface area contributed by atoms with E-state index in [1.54, 1.807) is 11.3 Å². The van der Waals surface area contributed by atoms with Gasteiger partial charge in [0.2, 0.25) is 5.91 Å². The fourth-order valence-corrected chi connectivity index (χ4v) is 3.25. The van der Waals surface area contributed by atoms with Gasteiger partial charge in [0.1, 0.15) is 0 Å². The fraction of sp³-hybridized carbons (Fsp3) is 0.733. The van der Waals surface area contributed by atoms with Gasteiger partial charge in [-0.15, -0.1) is 11.3 Å². The first kappa shape index (κ1) is 15.4. The Kier molecular flexibility index (Phi) is 4.81. The average Bonchev–Trinajstić information content (AvgIpc) is 2.80. The quantitative estimate of drug-likeness (QED) is 0.898. The first-order valence-electron chi connectivity index (χ1n) is 7.31. The zero-order chi connectivity index (χ0) is 14.8. The molecule has 20 heavy (non-hydrogen) atoms. The highest BCUT2D eigenvalue weighted by atomic mass is 32.1. The average molecular weight is 295 g/mol. The summed E-state index contributed by atoms with van der Waals surface area (Å²) in [6.07, 6.45) is 1.51. The molecule has 0 aromatic carbocycles. The molecule has 0 saturated carbocycles. The van der Waals surface area contributed by atoms with E-state index < -0.39 is 0 Å². The molecule has 112 valence electrons. The molecule has 0 radical (unpaired) electrons. The van der Waals surface area contributed by atoms with Crippen LogP contribution in [0.4, 0.5) is 0 Å². The van der Waals surface area contributed by atoms with Crippen LogP contribution in [0.1, 0.15) is 44.8 Å². The molecular weight excluding hydrogens is 270 g/mol. The molecule has 1 amide bonds. The minimum absolute atomic E-state index is 0.0567. The van der Waals surface area contributed by atoms with Crippen LogP contribution in [-0.4, -0.2) is 30.0 Å². The number of hydrogen-bond donors (Lipinski definition) is 2. The highest BCUT2D eigenvalue weighted by molar-refractivity contribution is 7.09. The van der Waals surface area contributed by atoms with E-state index in [1.165, 1.54) is 0 Å². The Balaban J connectivity index is 1.89. The molecular formula is C15H25N3OS. The van der Waals surface area contributed by atoms with Crippen molar-refractivity contribution in [2.75, 3.05) is 13.1 Å². The molecule has 5 heteroatoms. The van der Waals surface area contributed by atoms with Crippen molar-refractivity contribution in [1.29, 1.82) is 0 Å². The predicted molar refractivity (Wildman–Crippen MR) is 83.1 cm³/mol. The summed E-state index contributed by atoms with van der Waals surface area (Å²) in [6.45, 7) is 10.6. The maximum atomic E-state index is 12.1. The summed E-state index contributed by atoms with van der Waals surface area (Å²) in [5, 5.41) is 9.55. The predicted octanol–water partition coefficient (Wildman–Crippen LogP) is 2.10. The lowest BCUT2D eigenvalue weighted by Gasteiger charge is -2.30. The molecule has 4 nitrogen and oxygen atoms in total. The first-order chi connectivity index (χ1) is 9.36. The Morgan fingerprint density at radius 1 is 1.55 bits per heavy atom. The normalized spacial score (nSPS) is 23.6. The molecule has 1 aromatic rings. The second-order valence-electron chi connectivity index (χ2n) is 6.71. The standard InChI is InChI=1S/C15H25N3OS/c1-10-5-6-16-8-12(10)18-13(19)7-11-9-20-14(17-11)15(2,3)4/h9-10,12,16H,5-8H2,1-4H3,(H,18,19). The molecule has 1 saturated heterocycles. The summed E-state index contributed by atoms with van der Waals surface area (Å²) in [7, 11) is 0. The van der Waals surface area contributed by atoms with Crippen LogP contribution < -0.4 is 10.6 Å². The molecule has 2 heterocycles. The van der Waals surface area contributed by atoms with Crippen LogP contribution in [0.3, 0.4) is 0 Å². The van der Waals surface area contributed by atoms with Gasteiger partial charge in [-0.05, 0) is 18.9 Å². The molecule has 0 spiro atoms. The van der Waals surface area contributed by atoms with Crippen molar-refractivity contribution in [1.82, 2.24) is 15.6 Å². The molecule has 1 aromatic heterocycles. The van der Waals surface area contributed by atoms with Gasteiger partial charge in [0.15, 0.2) is 0 Å². The van der Waals surface area contributed by atoms with Gasteiger partial charge in [-0.2, -0.15) is 0 Å². The Morgan fingerprint density at radius 2 is 2.30 bits per heavy atom. The minimum Gasteiger partial charge on any atom is -0.351 e. The summed E-state index contributed by atoms with van der Waals surface area (Å²) >= 11 is 1.64. The number of rotatable bonds is 3. The summed E-state index contributed by atoms with van der Waals surface area (Å²) in [6, 6.07) is 0.247. The first-order valence-corrected chi connectivity index (χ1v) is 8.19. The molecule has 1 aliphatic rings. The third-order valence-corrected chi connectivity index (χ3v) is 5.03. The van der Waals surface area contributed by atoms with Gasteiger partial charge in [0, 0.05) is 23.4 Å². The molecule has 0 bridgehead atoms. The number of hydrogen-bond acceptors (Lipinski definition) is 4. The van der Waals surface area contributed by atoms with E-state index in [4.69, 9.17) is 0 Å². The molecule has 2 N–H and O–H groups in total. The van der Waals surface area contributed by atoms with Gasteiger partial charge < -0.3 is 10.6 Å². The number of nitrogens with zero attached hydrogens (tertiary/aromatic N) is 1. The van der Waals surface area contributed by atoms with E-state index >= 15 is 0 Å². The van der Waals surface area contributed by atoms with Crippen molar-refractivity contribution < 1.29 is 4.79 Å². The smallest absolute Gasteiger partial charge is 0.226 e. The Labute approximate surface area is 125 Å². The maximum Gasteiger partial charge on any atom is 0.226 e. The van der Waals surface area contributed by atoms with Crippen LogP contribution in [0.5, 0.6) is 0 Å². The van der Waals surface area contributed by atoms with E-state index in [9.17, 15) is 4.79 Å². The van der Waals surface area contributed by atoms with Crippen molar-refractivity contribution in [2.24, 2.45) is 5.92 Å². The number of amides is 1. The van der Waals surface area contributed by atoms with Gasteiger partial charge in [-0.25, -0.2) is 4.98 Å². The number of carbonyl (C=O) groups excluding carboxylic acids is 1. The summed E-state index contributed by atoms with van der Waals surface area (Å²) in [5.74, 6) is 0.622. The van der Waals surface area contributed by atoms with Crippen LogP contribution in [-0.2, 0) is 16.6 Å². The number of piperidine rings is 1. The molecule has 2 atom stereocenters.